The van der Waals surface area contributed by atoms with Crippen molar-refractivity contribution in [3.63, 3.8) is 0 Å². The topological polar surface area (TPSA) is 43.4 Å². The number of carbonyl (C=O) groups excluding carboxylic acids is 2. The summed E-state index contributed by atoms with van der Waals surface area (Å²) in [4.78, 5) is 24.1. The van der Waals surface area contributed by atoms with Crippen molar-refractivity contribution in [2.75, 3.05) is 0 Å². The normalized spacial score (nSPS) is 16.8. The first-order valence-electron chi connectivity index (χ1n) is 15.8. The predicted molar refractivity (Wildman–Crippen MR) is 176 cm³/mol. The third-order valence-electron chi connectivity index (χ3n) is 7.37. The van der Waals surface area contributed by atoms with E-state index in [1.54, 1.807) is 0 Å². The van der Waals surface area contributed by atoms with Crippen LogP contribution in [-0.2, 0) is 14.3 Å². The quantitative estimate of drug-likeness (QED) is 0.0418. The van der Waals surface area contributed by atoms with Crippen LogP contribution in [0.2, 0.25) is 0 Å². The maximum atomic E-state index is 12.1. The summed E-state index contributed by atoms with van der Waals surface area (Å²) in [5.41, 5.74) is 5.05. The summed E-state index contributed by atoms with van der Waals surface area (Å²) in [7, 11) is 0. The van der Waals surface area contributed by atoms with Crippen LogP contribution in [0, 0.1) is 5.41 Å². The number of hydrogen-bond donors (Lipinski definition) is 0. The number of carbonyl (C=O) groups is 2. The molecule has 0 aromatic heterocycles. The maximum absolute atomic E-state index is 12.1. The molecule has 0 bridgehead atoms. The molecule has 1 aliphatic carbocycles. The Morgan fingerprint density at radius 2 is 1.51 bits per heavy atom. The number of esters is 2. The molecule has 0 fully saturated rings. The molecule has 0 saturated carbocycles. The van der Waals surface area contributed by atoms with E-state index in [-0.39, 0.29) is 11.8 Å². The molecule has 1 rings (SSSR count). The SMILES string of the molecule is CCC=CCC=CCC=CCCCCCCCC(=O)OC(=O)C=C(C)C=CC=C(C)C=CC1=C(C)CCCC1(C)C. The molecule has 0 atom stereocenters. The van der Waals surface area contributed by atoms with Crippen LogP contribution in [0.4, 0.5) is 0 Å². The lowest BCUT2D eigenvalue weighted by Gasteiger charge is -2.32. The van der Waals surface area contributed by atoms with Gasteiger partial charge in [-0.25, -0.2) is 4.79 Å². The zero-order chi connectivity index (χ0) is 30.3. The molecule has 0 amide bonds. The summed E-state index contributed by atoms with van der Waals surface area (Å²) < 4.78 is 4.96. The average molecular weight is 561 g/mol. The first-order valence-corrected chi connectivity index (χ1v) is 15.8. The maximum Gasteiger partial charge on any atom is 0.338 e. The van der Waals surface area contributed by atoms with Crippen molar-refractivity contribution in [2.24, 2.45) is 5.41 Å². The van der Waals surface area contributed by atoms with Gasteiger partial charge in [0.25, 0.3) is 0 Å². The number of hydrogen-bond acceptors (Lipinski definition) is 3. The van der Waals surface area contributed by atoms with Gasteiger partial charge in [0.2, 0.25) is 0 Å². The summed E-state index contributed by atoms with van der Waals surface area (Å²) in [6.45, 7) is 12.9. The molecule has 0 saturated heterocycles. The van der Waals surface area contributed by atoms with Crippen LogP contribution in [-0.4, -0.2) is 11.9 Å². The van der Waals surface area contributed by atoms with Gasteiger partial charge in [-0.1, -0.05) is 118 Å². The van der Waals surface area contributed by atoms with E-state index in [2.05, 4.69) is 83.2 Å². The highest BCUT2D eigenvalue weighted by Crippen LogP contribution is 2.40. The fourth-order valence-corrected chi connectivity index (χ4v) is 4.95. The minimum absolute atomic E-state index is 0.229. The number of ether oxygens (including phenoxy) is 1. The lowest BCUT2D eigenvalue weighted by molar-refractivity contribution is -0.156. The molecule has 0 spiro atoms. The van der Waals surface area contributed by atoms with E-state index in [0.29, 0.717) is 0 Å². The van der Waals surface area contributed by atoms with Gasteiger partial charge in [-0.3, -0.25) is 4.79 Å². The number of allylic oxidation sites excluding steroid dienone is 15. The van der Waals surface area contributed by atoms with Crippen molar-refractivity contribution < 1.29 is 14.3 Å². The Balaban J connectivity index is 2.23. The average Bonchev–Trinajstić information content (AvgIpc) is 2.90. The summed E-state index contributed by atoms with van der Waals surface area (Å²) in [5.74, 6) is -1.04. The molecule has 0 radical (unpaired) electrons. The zero-order valence-corrected chi connectivity index (χ0v) is 26.8. The van der Waals surface area contributed by atoms with E-state index in [1.807, 2.05) is 25.2 Å². The lowest BCUT2D eigenvalue weighted by atomic mass is 9.72. The van der Waals surface area contributed by atoms with Gasteiger partial charge in [-0.2, -0.15) is 0 Å². The Hall–Kier alpha value is -2.94. The van der Waals surface area contributed by atoms with Crippen molar-refractivity contribution in [1.82, 2.24) is 0 Å². The fourth-order valence-electron chi connectivity index (χ4n) is 4.95. The minimum atomic E-state index is -0.598. The molecule has 0 aliphatic heterocycles. The van der Waals surface area contributed by atoms with Gasteiger partial charge in [-0.05, 0) is 95.1 Å². The number of rotatable bonds is 18. The van der Waals surface area contributed by atoms with E-state index >= 15 is 0 Å². The van der Waals surface area contributed by atoms with E-state index < -0.39 is 11.9 Å². The Bertz CT molecular complexity index is 1040. The monoisotopic (exact) mass is 560 g/mol. The van der Waals surface area contributed by atoms with E-state index in [9.17, 15) is 9.59 Å². The van der Waals surface area contributed by atoms with E-state index in [0.717, 1.165) is 62.5 Å². The van der Waals surface area contributed by atoms with Crippen molar-refractivity contribution in [2.45, 2.75) is 125 Å². The highest BCUT2D eigenvalue weighted by molar-refractivity contribution is 5.92. The van der Waals surface area contributed by atoms with Gasteiger partial charge >= 0.3 is 11.9 Å². The molecule has 41 heavy (non-hydrogen) atoms. The Labute approximate surface area is 251 Å². The third kappa shape index (κ3) is 18.2. The smallest absolute Gasteiger partial charge is 0.338 e. The van der Waals surface area contributed by atoms with Gasteiger partial charge in [0.05, 0.1) is 0 Å². The van der Waals surface area contributed by atoms with Crippen LogP contribution in [0.5, 0.6) is 0 Å². The first-order chi connectivity index (χ1) is 19.7. The van der Waals surface area contributed by atoms with E-state index in [4.69, 9.17) is 4.74 Å². The van der Waals surface area contributed by atoms with Gasteiger partial charge in [-0.15, -0.1) is 0 Å². The molecule has 1 aliphatic rings. The zero-order valence-electron chi connectivity index (χ0n) is 26.8. The second-order valence-electron chi connectivity index (χ2n) is 11.8. The summed E-state index contributed by atoms with van der Waals surface area (Å²) >= 11 is 0. The van der Waals surface area contributed by atoms with Crippen molar-refractivity contribution in [3.8, 4) is 0 Å². The highest BCUT2D eigenvalue weighted by atomic mass is 16.6. The fraction of sp³-hybridized carbons (Fsp3) is 0.526. The summed E-state index contributed by atoms with van der Waals surface area (Å²) in [6, 6.07) is 0. The highest BCUT2D eigenvalue weighted by Gasteiger charge is 2.26. The van der Waals surface area contributed by atoms with Gasteiger partial charge in [0.1, 0.15) is 0 Å². The van der Waals surface area contributed by atoms with Crippen LogP contribution in [0.3, 0.4) is 0 Å². The Morgan fingerprint density at radius 1 is 0.854 bits per heavy atom. The summed E-state index contributed by atoms with van der Waals surface area (Å²) in [6.07, 6.45) is 38.2. The first kappa shape index (κ1) is 36.1. The van der Waals surface area contributed by atoms with Crippen molar-refractivity contribution in [1.29, 1.82) is 0 Å². The summed E-state index contributed by atoms with van der Waals surface area (Å²) in [5, 5.41) is 0. The van der Waals surface area contributed by atoms with Crippen LogP contribution in [0.25, 0.3) is 0 Å². The Morgan fingerprint density at radius 3 is 2.22 bits per heavy atom. The molecule has 0 heterocycles. The molecule has 3 nitrogen and oxygen atoms in total. The van der Waals surface area contributed by atoms with Crippen LogP contribution in [0.15, 0.2) is 95.2 Å². The minimum Gasteiger partial charge on any atom is -0.390 e. The largest absolute Gasteiger partial charge is 0.390 e. The van der Waals surface area contributed by atoms with Crippen LogP contribution in [0.1, 0.15) is 125 Å². The standard InChI is InChI=1S/C38H56O3/c1-7-8-9-10-11-12-13-14-15-16-17-18-19-20-21-27-36(39)41-37(40)31-33(3)25-22-24-32(2)28-29-35-34(4)26-23-30-38(35,5)6/h8-9,11-12,14-15,22,24-25,28-29,31H,7,10,13,16-21,23,26-27,30H2,1-6H3. The number of unbranched alkanes of at least 4 members (excludes halogenated alkanes) is 5. The molecule has 226 valence electrons. The lowest BCUT2D eigenvalue weighted by Crippen LogP contribution is -2.19. The van der Waals surface area contributed by atoms with Crippen LogP contribution < -0.4 is 0 Å². The molecular formula is C38H56O3. The molecular weight excluding hydrogens is 504 g/mol. The van der Waals surface area contributed by atoms with Crippen molar-refractivity contribution in [3.05, 3.63) is 95.2 Å². The van der Waals surface area contributed by atoms with Crippen LogP contribution >= 0.6 is 0 Å². The van der Waals surface area contributed by atoms with E-state index in [1.165, 1.54) is 42.9 Å². The molecule has 0 N–H and O–H groups in total. The predicted octanol–water partition coefficient (Wildman–Crippen LogP) is 11.2. The third-order valence-corrected chi connectivity index (χ3v) is 7.37. The molecule has 0 aromatic carbocycles. The molecule has 0 unspecified atom stereocenters. The van der Waals surface area contributed by atoms with Gasteiger partial charge < -0.3 is 4.74 Å². The van der Waals surface area contributed by atoms with Gasteiger partial charge in [0, 0.05) is 12.5 Å². The second kappa shape index (κ2) is 21.8. The molecule has 0 aromatic rings. The van der Waals surface area contributed by atoms with Gasteiger partial charge in [0.15, 0.2) is 0 Å². The second-order valence-corrected chi connectivity index (χ2v) is 11.8. The van der Waals surface area contributed by atoms with Crippen molar-refractivity contribution >= 4 is 11.9 Å². The molecule has 3 heteroatoms. The Kier molecular flexibility index (Phi) is 19.2.